The predicted octanol–water partition coefficient (Wildman–Crippen LogP) is 6.79. The molecule has 1 heterocycles. The van der Waals surface area contributed by atoms with E-state index in [0.29, 0.717) is 39.9 Å². The highest BCUT2D eigenvalue weighted by molar-refractivity contribution is 5.97. The highest BCUT2D eigenvalue weighted by Crippen LogP contribution is 2.40. The number of fused-ring (bicyclic) bond motifs is 1. The summed E-state index contributed by atoms with van der Waals surface area (Å²) in [7, 11) is 3.16. The van der Waals surface area contributed by atoms with Crippen molar-refractivity contribution in [2.45, 2.75) is 20.8 Å². The van der Waals surface area contributed by atoms with Gasteiger partial charge in [0, 0.05) is 17.6 Å². The summed E-state index contributed by atoms with van der Waals surface area (Å²) < 4.78 is 17.1. The Morgan fingerprint density at radius 1 is 0.794 bits per heavy atom. The SMILES string of the molecule is COc1cc2nccc(Oc3cc(C)c(N(C(=O)O)c4ccccc4C)cc3C)c2cc1OC. The molecule has 0 fully saturated rings. The van der Waals surface area contributed by atoms with Gasteiger partial charge in [0.25, 0.3) is 0 Å². The van der Waals surface area contributed by atoms with Crippen LogP contribution in [0, 0.1) is 20.8 Å². The lowest BCUT2D eigenvalue weighted by atomic mass is 10.1. The van der Waals surface area contributed by atoms with Crippen LogP contribution < -0.4 is 19.1 Å². The Morgan fingerprint density at radius 3 is 2.18 bits per heavy atom. The molecule has 34 heavy (non-hydrogen) atoms. The molecule has 4 aromatic rings. The maximum atomic E-state index is 12.2. The number of para-hydroxylation sites is 1. The van der Waals surface area contributed by atoms with E-state index >= 15 is 0 Å². The first-order valence-corrected chi connectivity index (χ1v) is 10.7. The molecule has 0 atom stereocenters. The maximum absolute atomic E-state index is 12.2. The number of aromatic nitrogens is 1. The average Bonchev–Trinajstić information content (AvgIpc) is 2.82. The van der Waals surface area contributed by atoms with Gasteiger partial charge in [-0.05, 0) is 67.8 Å². The third-order valence-corrected chi connectivity index (χ3v) is 5.71. The largest absolute Gasteiger partial charge is 0.493 e. The molecule has 174 valence electrons. The van der Waals surface area contributed by atoms with Crippen LogP contribution in [0.5, 0.6) is 23.0 Å². The van der Waals surface area contributed by atoms with Crippen molar-refractivity contribution in [3.05, 3.63) is 77.5 Å². The van der Waals surface area contributed by atoms with Gasteiger partial charge in [-0.1, -0.05) is 18.2 Å². The first-order chi connectivity index (χ1) is 16.3. The van der Waals surface area contributed by atoms with Gasteiger partial charge in [-0.25, -0.2) is 9.69 Å². The number of anilines is 2. The summed E-state index contributed by atoms with van der Waals surface area (Å²) in [4.78, 5) is 17.9. The maximum Gasteiger partial charge on any atom is 0.416 e. The molecule has 4 rings (SSSR count). The molecule has 7 nitrogen and oxygen atoms in total. The van der Waals surface area contributed by atoms with Crippen molar-refractivity contribution in [2.75, 3.05) is 19.1 Å². The zero-order valence-electron chi connectivity index (χ0n) is 19.7. The fourth-order valence-electron chi connectivity index (χ4n) is 3.93. The van der Waals surface area contributed by atoms with Gasteiger partial charge < -0.3 is 19.3 Å². The van der Waals surface area contributed by atoms with Crippen molar-refractivity contribution in [2.24, 2.45) is 0 Å². The van der Waals surface area contributed by atoms with E-state index in [2.05, 4.69) is 4.98 Å². The molecule has 0 aliphatic carbocycles. The summed E-state index contributed by atoms with van der Waals surface area (Å²) in [6, 6.07) is 16.5. The lowest BCUT2D eigenvalue weighted by Crippen LogP contribution is -2.25. The van der Waals surface area contributed by atoms with Gasteiger partial charge in [-0.3, -0.25) is 4.98 Å². The molecule has 0 spiro atoms. The average molecular weight is 459 g/mol. The first-order valence-electron chi connectivity index (χ1n) is 10.7. The molecule has 0 radical (unpaired) electrons. The minimum Gasteiger partial charge on any atom is -0.493 e. The predicted molar refractivity (Wildman–Crippen MR) is 132 cm³/mol. The molecule has 0 aliphatic rings. The molecular formula is C27H26N2O5. The summed E-state index contributed by atoms with van der Waals surface area (Å²) in [5, 5.41) is 10.8. The third kappa shape index (κ3) is 4.20. The second-order valence-corrected chi connectivity index (χ2v) is 7.94. The van der Waals surface area contributed by atoms with Crippen molar-refractivity contribution in [1.82, 2.24) is 4.98 Å². The van der Waals surface area contributed by atoms with E-state index < -0.39 is 6.09 Å². The third-order valence-electron chi connectivity index (χ3n) is 5.71. The highest BCUT2D eigenvalue weighted by atomic mass is 16.5. The fraction of sp³-hybridized carbons (Fsp3) is 0.185. The Labute approximate surface area is 198 Å². The second kappa shape index (κ2) is 9.31. The van der Waals surface area contributed by atoms with Crippen LogP contribution in [-0.2, 0) is 0 Å². The number of hydrogen-bond donors (Lipinski definition) is 1. The quantitative estimate of drug-likeness (QED) is 0.343. The number of nitrogens with zero attached hydrogens (tertiary/aromatic N) is 2. The van der Waals surface area contributed by atoms with Crippen LogP contribution >= 0.6 is 0 Å². The molecule has 0 bridgehead atoms. The van der Waals surface area contributed by atoms with Crippen molar-refractivity contribution in [3.8, 4) is 23.0 Å². The lowest BCUT2D eigenvalue weighted by Gasteiger charge is -2.24. The fourth-order valence-corrected chi connectivity index (χ4v) is 3.93. The van der Waals surface area contributed by atoms with E-state index in [9.17, 15) is 9.90 Å². The molecule has 0 unspecified atom stereocenters. The second-order valence-electron chi connectivity index (χ2n) is 7.94. The van der Waals surface area contributed by atoms with Crippen LogP contribution in [0.15, 0.2) is 60.8 Å². The van der Waals surface area contributed by atoms with Crippen LogP contribution in [0.2, 0.25) is 0 Å². The molecule has 1 aromatic heterocycles. The van der Waals surface area contributed by atoms with E-state index in [-0.39, 0.29) is 0 Å². The Kier molecular flexibility index (Phi) is 6.27. The van der Waals surface area contributed by atoms with Crippen molar-refractivity contribution in [3.63, 3.8) is 0 Å². The molecule has 7 heteroatoms. The first kappa shape index (κ1) is 22.9. The number of amides is 1. The Hall–Kier alpha value is -4.26. The monoisotopic (exact) mass is 458 g/mol. The highest BCUT2D eigenvalue weighted by Gasteiger charge is 2.22. The molecular weight excluding hydrogens is 432 g/mol. The lowest BCUT2D eigenvalue weighted by molar-refractivity contribution is 0.204. The van der Waals surface area contributed by atoms with Gasteiger partial charge in [0.05, 0.1) is 31.1 Å². The summed E-state index contributed by atoms with van der Waals surface area (Å²) in [6.07, 6.45) is 0.622. The van der Waals surface area contributed by atoms with Gasteiger partial charge in [0.1, 0.15) is 11.5 Å². The number of carboxylic acid groups (broad SMARTS) is 1. The summed E-state index contributed by atoms with van der Waals surface area (Å²) in [5.74, 6) is 2.39. The zero-order valence-corrected chi connectivity index (χ0v) is 19.7. The molecule has 0 aliphatic heterocycles. The number of rotatable bonds is 6. The van der Waals surface area contributed by atoms with Gasteiger partial charge in [0.15, 0.2) is 11.5 Å². The Morgan fingerprint density at radius 2 is 1.50 bits per heavy atom. The van der Waals surface area contributed by atoms with Gasteiger partial charge in [-0.15, -0.1) is 0 Å². The van der Waals surface area contributed by atoms with E-state index in [1.165, 1.54) is 4.90 Å². The zero-order chi connectivity index (χ0) is 24.4. The summed E-state index contributed by atoms with van der Waals surface area (Å²) >= 11 is 0. The number of methoxy groups -OCH3 is 2. The van der Waals surface area contributed by atoms with Crippen molar-refractivity contribution >= 4 is 28.4 Å². The molecule has 0 saturated heterocycles. The number of benzene rings is 3. The normalized spacial score (nSPS) is 10.7. The van der Waals surface area contributed by atoms with Crippen LogP contribution in [0.25, 0.3) is 10.9 Å². The summed E-state index contributed by atoms with van der Waals surface area (Å²) in [6.45, 7) is 5.65. The van der Waals surface area contributed by atoms with E-state index in [1.807, 2.05) is 57.2 Å². The molecule has 3 aromatic carbocycles. The number of hydrogen-bond acceptors (Lipinski definition) is 5. The molecule has 1 amide bonds. The van der Waals surface area contributed by atoms with Crippen LogP contribution in [0.4, 0.5) is 16.2 Å². The topological polar surface area (TPSA) is 81.1 Å². The van der Waals surface area contributed by atoms with E-state index in [1.54, 1.807) is 38.6 Å². The van der Waals surface area contributed by atoms with Crippen LogP contribution in [-0.4, -0.2) is 30.4 Å². The minimum atomic E-state index is -1.05. The Balaban J connectivity index is 1.77. The van der Waals surface area contributed by atoms with Gasteiger partial charge in [0.2, 0.25) is 0 Å². The molecule has 1 N–H and O–H groups in total. The van der Waals surface area contributed by atoms with E-state index in [0.717, 1.165) is 22.1 Å². The molecule has 0 saturated carbocycles. The van der Waals surface area contributed by atoms with Crippen LogP contribution in [0.3, 0.4) is 0 Å². The number of pyridine rings is 1. The number of ether oxygens (including phenoxy) is 3. The van der Waals surface area contributed by atoms with Crippen molar-refractivity contribution < 1.29 is 24.1 Å². The van der Waals surface area contributed by atoms with Crippen LogP contribution in [0.1, 0.15) is 16.7 Å². The standard InChI is InChI=1S/C27H26N2O5/c1-16-8-6-7-9-21(16)29(27(30)31)22-12-18(3)24(13-17(22)2)34-23-10-11-28-20-15-26(33-5)25(32-4)14-19(20)23/h6-15H,1-5H3,(H,30,31). The number of carbonyl (C=O) groups is 1. The number of aryl methyl sites for hydroxylation is 3. The van der Waals surface area contributed by atoms with Gasteiger partial charge in [-0.2, -0.15) is 0 Å². The van der Waals surface area contributed by atoms with Gasteiger partial charge >= 0.3 is 6.09 Å². The Bertz CT molecular complexity index is 1380. The summed E-state index contributed by atoms with van der Waals surface area (Å²) in [5.41, 5.74) is 4.34. The van der Waals surface area contributed by atoms with E-state index in [4.69, 9.17) is 14.2 Å². The minimum absolute atomic E-state index is 0.575. The smallest absolute Gasteiger partial charge is 0.416 e. The van der Waals surface area contributed by atoms with Crippen molar-refractivity contribution in [1.29, 1.82) is 0 Å².